The van der Waals surface area contributed by atoms with Gasteiger partial charge < -0.3 is 5.32 Å². The van der Waals surface area contributed by atoms with Gasteiger partial charge in [0.25, 0.3) is 0 Å². The molecule has 0 radical (unpaired) electrons. The maximum absolute atomic E-state index is 12.2. The van der Waals surface area contributed by atoms with E-state index in [0.717, 1.165) is 28.4 Å². The van der Waals surface area contributed by atoms with E-state index in [-0.39, 0.29) is 17.7 Å². The molecule has 1 aliphatic rings. The van der Waals surface area contributed by atoms with Crippen LogP contribution >= 0.6 is 11.6 Å². The molecule has 3 rings (SSSR count). The molecule has 3 nitrogen and oxygen atoms in total. The van der Waals surface area contributed by atoms with Crippen LogP contribution in [-0.4, -0.2) is 10.9 Å². The van der Waals surface area contributed by atoms with Gasteiger partial charge in [-0.2, -0.15) is 0 Å². The van der Waals surface area contributed by atoms with Crippen molar-refractivity contribution in [3.05, 3.63) is 64.4 Å². The number of amides is 1. The van der Waals surface area contributed by atoms with E-state index in [1.54, 1.807) is 0 Å². The predicted octanol–water partition coefficient (Wildman–Crippen LogP) is 3.46. The third kappa shape index (κ3) is 3.24. The van der Waals surface area contributed by atoms with Crippen molar-refractivity contribution < 1.29 is 4.79 Å². The maximum Gasteiger partial charge on any atom is 0.224 e. The fourth-order valence-electron chi connectivity index (χ4n) is 2.61. The van der Waals surface area contributed by atoms with E-state index in [9.17, 15) is 4.79 Å². The molecule has 0 spiro atoms. The molecule has 1 amide bonds. The van der Waals surface area contributed by atoms with E-state index < -0.39 is 0 Å². The number of rotatable bonds is 4. The first-order chi connectivity index (χ1) is 10.1. The van der Waals surface area contributed by atoms with Crippen LogP contribution in [0.15, 0.2) is 42.5 Å². The summed E-state index contributed by atoms with van der Waals surface area (Å²) in [5.41, 5.74) is 2.92. The van der Waals surface area contributed by atoms with Crippen LogP contribution in [0.3, 0.4) is 0 Å². The Morgan fingerprint density at radius 1 is 1.29 bits per heavy atom. The van der Waals surface area contributed by atoms with Gasteiger partial charge >= 0.3 is 0 Å². The molecule has 1 fully saturated rings. The summed E-state index contributed by atoms with van der Waals surface area (Å²) < 4.78 is 0. The second kappa shape index (κ2) is 5.86. The van der Waals surface area contributed by atoms with Gasteiger partial charge in [-0.05, 0) is 43.0 Å². The highest BCUT2D eigenvalue weighted by Gasteiger charge is 2.44. The Labute approximate surface area is 129 Å². The first-order valence-electron chi connectivity index (χ1n) is 7.10. The average Bonchev–Trinajstić information content (AvgIpc) is 3.26. The number of carbonyl (C=O) groups is 1. The summed E-state index contributed by atoms with van der Waals surface area (Å²) in [7, 11) is 0. The van der Waals surface area contributed by atoms with E-state index in [1.807, 2.05) is 49.4 Å². The fraction of sp³-hybridized carbons (Fsp3) is 0.294. The van der Waals surface area contributed by atoms with Crippen molar-refractivity contribution in [1.82, 2.24) is 10.3 Å². The van der Waals surface area contributed by atoms with Crippen LogP contribution in [0.5, 0.6) is 0 Å². The van der Waals surface area contributed by atoms with Crippen LogP contribution in [0.25, 0.3) is 0 Å². The van der Waals surface area contributed by atoms with Crippen LogP contribution < -0.4 is 5.32 Å². The second-order valence-corrected chi connectivity index (χ2v) is 5.87. The zero-order valence-corrected chi connectivity index (χ0v) is 12.6. The molecule has 108 valence electrons. The third-order valence-electron chi connectivity index (χ3n) is 3.82. The first-order valence-corrected chi connectivity index (χ1v) is 7.47. The molecule has 0 bridgehead atoms. The number of aromatic nitrogens is 1. The molecule has 0 saturated heterocycles. The summed E-state index contributed by atoms with van der Waals surface area (Å²) in [6, 6.07) is 13.6. The van der Waals surface area contributed by atoms with Gasteiger partial charge in [0.05, 0.1) is 12.2 Å². The molecule has 4 heteroatoms. The Morgan fingerprint density at radius 3 is 2.86 bits per heavy atom. The van der Waals surface area contributed by atoms with Crippen LogP contribution in [0.4, 0.5) is 0 Å². The molecule has 21 heavy (non-hydrogen) atoms. The molecule has 2 unspecified atom stereocenters. The van der Waals surface area contributed by atoms with E-state index in [4.69, 9.17) is 11.6 Å². The predicted molar refractivity (Wildman–Crippen MR) is 83.1 cm³/mol. The van der Waals surface area contributed by atoms with Gasteiger partial charge in [0.15, 0.2) is 0 Å². The van der Waals surface area contributed by atoms with Gasteiger partial charge in [0.1, 0.15) is 0 Å². The minimum Gasteiger partial charge on any atom is -0.350 e. The lowest BCUT2D eigenvalue weighted by molar-refractivity contribution is -0.122. The van der Waals surface area contributed by atoms with Gasteiger partial charge in [0.2, 0.25) is 5.91 Å². The molecule has 1 aromatic heterocycles. The summed E-state index contributed by atoms with van der Waals surface area (Å²) in [6.45, 7) is 2.42. The van der Waals surface area contributed by atoms with E-state index in [1.165, 1.54) is 0 Å². The van der Waals surface area contributed by atoms with Crippen molar-refractivity contribution in [1.29, 1.82) is 0 Å². The lowest BCUT2D eigenvalue weighted by atomic mass is 10.1. The van der Waals surface area contributed by atoms with Crippen molar-refractivity contribution >= 4 is 17.5 Å². The Balaban J connectivity index is 1.57. The van der Waals surface area contributed by atoms with Gasteiger partial charge in [-0.25, -0.2) is 0 Å². The fourth-order valence-corrected chi connectivity index (χ4v) is 2.89. The van der Waals surface area contributed by atoms with Gasteiger partial charge in [-0.3, -0.25) is 9.78 Å². The van der Waals surface area contributed by atoms with Crippen LogP contribution in [0.1, 0.15) is 29.3 Å². The van der Waals surface area contributed by atoms with E-state index >= 15 is 0 Å². The molecule has 2 atom stereocenters. The number of benzene rings is 1. The van der Waals surface area contributed by atoms with Crippen molar-refractivity contribution in [2.45, 2.75) is 25.8 Å². The number of hydrogen-bond donors (Lipinski definition) is 1. The summed E-state index contributed by atoms with van der Waals surface area (Å²) in [5.74, 6) is 0.377. The quantitative estimate of drug-likeness (QED) is 0.939. The molecule has 2 aromatic rings. The number of aryl methyl sites for hydroxylation is 1. The van der Waals surface area contributed by atoms with Crippen molar-refractivity contribution in [2.24, 2.45) is 5.92 Å². The first kappa shape index (κ1) is 14.1. The van der Waals surface area contributed by atoms with Crippen LogP contribution in [0.2, 0.25) is 5.02 Å². The van der Waals surface area contributed by atoms with Gasteiger partial charge in [0, 0.05) is 16.6 Å². The monoisotopic (exact) mass is 300 g/mol. The normalized spacial score (nSPS) is 20.1. The van der Waals surface area contributed by atoms with E-state index in [2.05, 4.69) is 10.3 Å². The highest BCUT2D eigenvalue weighted by Crippen LogP contribution is 2.49. The molecular weight excluding hydrogens is 284 g/mol. The van der Waals surface area contributed by atoms with Crippen molar-refractivity contribution in [3.8, 4) is 0 Å². The Kier molecular flexibility index (Phi) is 3.93. The minimum atomic E-state index is 0.0368. The third-order valence-corrected chi connectivity index (χ3v) is 4.17. The highest BCUT2D eigenvalue weighted by atomic mass is 35.5. The van der Waals surface area contributed by atoms with Gasteiger partial charge in [-0.15, -0.1) is 0 Å². The second-order valence-electron chi connectivity index (χ2n) is 5.46. The topological polar surface area (TPSA) is 42.0 Å². The number of pyridine rings is 1. The molecule has 1 aromatic carbocycles. The molecule has 0 aliphatic heterocycles. The molecule has 1 N–H and O–H groups in total. The SMILES string of the molecule is Cc1cccc(CNC(=O)C2CC2c2ccccc2Cl)n1. The number of nitrogens with one attached hydrogen (secondary N) is 1. The van der Waals surface area contributed by atoms with Crippen LogP contribution in [-0.2, 0) is 11.3 Å². The average molecular weight is 301 g/mol. The summed E-state index contributed by atoms with van der Waals surface area (Å²) >= 11 is 6.18. The molecule has 1 saturated carbocycles. The standard InChI is InChI=1S/C17H17ClN2O/c1-11-5-4-6-12(20-11)10-19-17(21)15-9-14(15)13-7-2-3-8-16(13)18/h2-8,14-15H,9-10H2,1H3,(H,19,21). The van der Waals surface area contributed by atoms with Crippen molar-refractivity contribution in [2.75, 3.05) is 0 Å². The van der Waals surface area contributed by atoms with Crippen LogP contribution in [0, 0.1) is 12.8 Å². The number of nitrogens with zero attached hydrogens (tertiary/aromatic N) is 1. The smallest absolute Gasteiger partial charge is 0.224 e. The lowest BCUT2D eigenvalue weighted by Gasteiger charge is -2.06. The summed E-state index contributed by atoms with van der Waals surface area (Å²) in [6.07, 6.45) is 0.872. The summed E-state index contributed by atoms with van der Waals surface area (Å²) in [5, 5.41) is 3.71. The maximum atomic E-state index is 12.2. The molecular formula is C17H17ClN2O. The molecule has 1 aliphatic carbocycles. The summed E-state index contributed by atoms with van der Waals surface area (Å²) in [4.78, 5) is 16.6. The largest absolute Gasteiger partial charge is 0.350 e. The Hall–Kier alpha value is -1.87. The Morgan fingerprint density at radius 2 is 2.10 bits per heavy atom. The highest BCUT2D eigenvalue weighted by molar-refractivity contribution is 6.31. The van der Waals surface area contributed by atoms with Gasteiger partial charge in [-0.1, -0.05) is 35.9 Å². The van der Waals surface area contributed by atoms with E-state index in [0.29, 0.717) is 6.54 Å². The number of halogens is 1. The number of hydrogen-bond acceptors (Lipinski definition) is 2. The Bertz CT molecular complexity index is 671. The number of carbonyl (C=O) groups excluding carboxylic acids is 1. The zero-order valence-electron chi connectivity index (χ0n) is 11.8. The van der Waals surface area contributed by atoms with Crippen molar-refractivity contribution in [3.63, 3.8) is 0 Å². The zero-order chi connectivity index (χ0) is 14.8. The minimum absolute atomic E-state index is 0.0368. The molecule has 1 heterocycles. The lowest BCUT2D eigenvalue weighted by Crippen LogP contribution is -2.25.